The standard InChI is InChI=1S/C35H40N6O5S.C2H6.H2S.H2/c1-20(2)27-13-14-29(33-36-17-25(18-37-33)46-21(3)4)41-30(27)19-45-31-16-28(32-22(5)9-7-10-23(32)6)38-35(39-31)40-47(43,44)26-12-8-11-24(15-26)34(41)42;1-2;;/h7-12,15-18,20-21,27,29-30H,13-14,19H2,1-6H3,(H,38,39,40);1-2H3;1H2;1H. The van der Waals surface area contributed by atoms with E-state index in [4.69, 9.17) is 9.47 Å². The van der Waals surface area contributed by atoms with Crippen LogP contribution in [-0.4, -0.2) is 57.9 Å². The van der Waals surface area contributed by atoms with Crippen LogP contribution < -0.4 is 14.2 Å². The van der Waals surface area contributed by atoms with E-state index in [0.29, 0.717) is 23.7 Å². The normalized spacial score (nSPS) is 19.6. The van der Waals surface area contributed by atoms with Gasteiger partial charge in [-0.1, -0.05) is 52.0 Å². The van der Waals surface area contributed by atoms with Crippen LogP contribution in [0.25, 0.3) is 11.3 Å². The Bertz CT molecular complexity index is 1890. The summed E-state index contributed by atoms with van der Waals surface area (Å²) in [7, 11) is -4.18. The largest absolute Gasteiger partial charge is 0.488 e. The molecule has 3 atom stereocenters. The van der Waals surface area contributed by atoms with Gasteiger partial charge in [0.2, 0.25) is 11.8 Å². The summed E-state index contributed by atoms with van der Waals surface area (Å²) in [6, 6.07) is 12.8. The van der Waals surface area contributed by atoms with Gasteiger partial charge in [0.1, 0.15) is 6.61 Å². The molecular formula is C37H50N6O5S2. The predicted molar refractivity (Wildman–Crippen MR) is 202 cm³/mol. The maximum Gasteiger partial charge on any atom is 0.264 e. The number of rotatable bonds is 5. The summed E-state index contributed by atoms with van der Waals surface area (Å²) < 4.78 is 42.1. The smallest absolute Gasteiger partial charge is 0.264 e. The van der Waals surface area contributed by atoms with Gasteiger partial charge in [0.15, 0.2) is 11.6 Å². The Morgan fingerprint density at radius 2 is 1.62 bits per heavy atom. The lowest BCUT2D eigenvalue weighted by atomic mass is 9.78. The summed E-state index contributed by atoms with van der Waals surface area (Å²) >= 11 is 0. The van der Waals surface area contributed by atoms with Gasteiger partial charge in [-0.2, -0.15) is 18.5 Å². The van der Waals surface area contributed by atoms with Crippen LogP contribution >= 0.6 is 13.5 Å². The zero-order chi connectivity index (χ0) is 35.5. The third-order valence-corrected chi connectivity index (χ3v) is 10.2. The maximum atomic E-state index is 14.6. The number of amides is 1. The number of hydrogen-bond acceptors (Lipinski definition) is 9. The molecule has 11 nitrogen and oxygen atoms in total. The lowest BCUT2D eigenvalue weighted by Crippen LogP contribution is -2.54. The van der Waals surface area contributed by atoms with Crippen LogP contribution in [0.5, 0.6) is 11.6 Å². The fraction of sp³-hybridized carbons (Fsp3) is 0.432. The molecule has 270 valence electrons. The summed E-state index contributed by atoms with van der Waals surface area (Å²) in [6.07, 6.45) is 4.66. The van der Waals surface area contributed by atoms with E-state index in [0.717, 1.165) is 23.1 Å². The first kappa shape index (κ1) is 38.6. The summed E-state index contributed by atoms with van der Waals surface area (Å²) in [5.41, 5.74) is 3.58. The zero-order valence-corrected chi connectivity index (χ0v) is 31.8. The number of aryl methyl sites for hydroxylation is 2. The van der Waals surface area contributed by atoms with Crippen LogP contribution in [0, 0.1) is 25.7 Å². The highest BCUT2D eigenvalue weighted by molar-refractivity contribution is 7.92. The Labute approximate surface area is 304 Å². The molecule has 0 saturated carbocycles. The van der Waals surface area contributed by atoms with Crippen molar-refractivity contribution in [3.8, 4) is 22.9 Å². The molecule has 4 bridgehead atoms. The molecule has 2 aliphatic rings. The van der Waals surface area contributed by atoms with Crippen molar-refractivity contribution in [1.29, 1.82) is 0 Å². The van der Waals surface area contributed by atoms with Crippen molar-refractivity contribution in [2.75, 3.05) is 11.3 Å². The SMILES string of the molecule is CC.Cc1cccc(C)c1-c1cc2nc(n1)NS(=O)(=O)c1cccc(c1)C(=O)N1C(c3ncc(OC(C)C)cn3)CCC(C(C)C)C1CO2.S.[HH]. The summed E-state index contributed by atoms with van der Waals surface area (Å²) in [6.45, 7) is 16.2. The van der Waals surface area contributed by atoms with Gasteiger partial charge in [-0.05, 0) is 81.7 Å². The molecule has 1 amide bonds. The molecule has 13 heteroatoms. The third-order valence-electron chi connectivity index (χ3n) is 8.83. The number of ether oxygens (including phenoxy) is 2. The molecule has 4 heterocycles. The van der Waals surface area contributed by atoms with Gasteiger partial charge < -0.3 is 14.4 Å². The predicted octanol–water partition coefficient (Wildman–Crippen LogP) is 7.53. The van der Waals surface area contributed by atoms with E-state index < -0.39 is 22.1 Å². The average Bonchev–Trinajstić information content (AvgIpc) is 3.07. The molecule has 0 radical (unpaired) electrons. The van der Waals surface area contributed by atoms with Crippen LogP contribution in [0.4, 0.5) is 5.95 Å². The minimum atomic E-state index is -4.18. The highest BCUT2D eigenvalue weighted by Gasteiger charge is 2.44. The van der Waals surface area contributed by atoms with Crippen molar-refractivity contribution in [3.05, 3.63) is 83.4 Å². The van der Waals surface area contributed by atoms with Crippen molar-refractivity contribution in [2.24, 2.45) is 11.8 Å². The fourth-order valence-corrected chi connectivity index (χ4v) is 7.65. The van der Waals surface area contributed by atoms with E-state index in [1.165, 1.54) is 12.1 Å². The zero-order valence-electron chi connectivity index (χ0n) is 30.0. The molecule has 1 N–H and O–H groups in total. The van der Waals surface area contributed by atoms with Crippen molar-refractivity contribution in [2.45, 2.75) is 91.3 Å². The second kappa shape index (κ2) is 16.2. The van der Waals surface area contributed by atoms with E-state index in [1.54, 1.807) is 35.5 Å². The highest BCUT2D eigenvalue weighted by atomic mass is 32.2. The number of piperidine rings is 1. The Morgan fingerprint density at radius 3 is 2.26 bits per heavy atom. The van der Waals surface area contributed by atoms with Crippen molar-refractivity contribution >= 4 is 35.4 Å². The lowest BCUT2D eigenvalue weighted by Gasteiger charge is -2.47. The number of nitrogens with zero attached hydrogens (tertiary/aromatic N) is 5. The first-order chi connectivity index (χ1) is 23.4. The molecule has 3 unspecified atom stereocenters. The molecule has 4 aromatic rings. The number of fused-ring (bicyclic) bond motifs is 5. The minimum absolute atomic E-state index is 0. The van der Waals surface area contributed by atoms with E-state index in [1.807, 2.05) is 59.7 Å². The number of carbonyl (C=O) groups is 1. The Hall–Kier alpha value is -4.23. The van der Waals surface area contributed by atoms with Gasteiger partial charge in [-0.25, -0.2) is 28.1 Å². The van der Waals surface area contributed by atoms with E-state index in [9.17, 15) is 13.2 Å². The number of carbonyl (C=O) groups excluding carboxylic acids is 1. The molecule has 6 rings (SSSR count). The number of benzene rings is 2. The number of hydrogen-bond donors (Lipinski definition) is 1. The van der Waals surface area contributed by atoms with Crippen molar-refractivity contribution in [1.82, 2.24) is 24.8 Å². The second-order valence-electron chi connectivity index (χ2n) is 12.9. The van der Waals surface area contributed by atoms with Gasteiger partial charge in [0.05, 0.1) is 41.2 Å². The number of aromatic nitrogens is 4. The lowest BCUT2D eigenvalue weighted by molar-refractivity contribution is -0.00152. The van der Waals surface area contributed by atoms with Gasteiger partial charge in [-0.3, -0.25) is 4.79 Å². The topological polar surface area (TPSA) is 136 Å². The second-order valence-corrected chi connectivity index (χ2v) is 14.5. The monoisotopic (exact) mass is 722 g/mol. The quantitative estimate of drug-likeness (QED) is 0.222. The van der Waals surface area contributed by atoms with Gasteiger partial charge in [0, 0.05) is 18.6 Å². The number of sulfonamides is 1. The molecule has 1 fully saturated rings. The molecule has 2 aromatic heterocycles. The molecule has 2 aliphatic heterocycles. The van der Waals surface area contributed by atoms with Crippen LogP contribution in [-0.2, 0) is 10.0 Å². The molecule has 2 aromatic carbocycles. The Morgan fingerprint density at radius 1 is 0.960 bits per heavy atom. The van der Waals surface area contributed by atoms with Gasteiger partial charge >= 0.3 is 0 Å². The summed E-state index contributed by atoms with van der Waals surface area (Å²) in [4.78, 5) is 34.6. The maximum absolute atomic E-state index is 14.6. The molecule has 0 spiro atoms. The first-order valence-corrected chi connectivity index (χ1v) is 18.4. The number of nitrogens with one attached hydrogen (secondary N) is 1. The van der Waals surface area contributed by atoms with Crippen molar-refractivity contribution < 1.29 is 24.1 Å². The van der Waals surface area contributed by atoms with E-state index in [2.05, 4.69) is 38.5 Å². The molecular weight excluding hydrogens is 673 g/mol. The van der Waals surface area contributed by atoms with Crippen LogP contribution in [0.15, 0.2) is 65.8 Å². The Balaban J connectivity index is 0.00000173. The average molecular weight is 723 g/mol. The van der Waals surface area contributed by atoms with Crippen LogP contribution in [0.3, 0.4) is 0 Å². The Kier molecular flexibility index (Phi) is 12.5. The van der Waals surface area contributed by atoms with Crippen molar-refractivity contribution in [3.63, 3.8) is 0 Å². The third kappa shape index (κ3) is 8.21. The summed E-state index contributed by atoms with van der Waals surface area (Å²) in [5.74, 6) is 1.08. The minimum Gasteiger partial charge on any atom is -0.488 e. The molecule has 50 heavy (non-hydrogen) atoms. The van der Waals surface area contributed by atoms with E-state index >= 15 is 0 Å². The molecule has 0 aliphatic carbocycles. The highest BCUT2D eigenvalue weighted by Crippen LogP contribution is 2.41. The molecule has 1 saturated heterocycles. The van der Waals surface area contributed by atoms with Crippen LogP contribution in [0.2, 0.25) is 0 Å². The number of anilines is 1. The summed E-state index contributed by atoms with van der Waals surface area (Å²) in [5, 5.41) is 0. The van der Waals surface area contributed by atoms with Gasteiger partial charge in [0.25, 0.3) is 15.9 Å². The van der Waals surface area contributed by atoms with Gasteiger partial charge in [-0.15, -0.1) is 0 Å². The van der Waals surface area contributed by atoms with Crippen LogP contribution in [0.1, 0.15) is 89.2 Å². The first-order valence-electron chi connectivity index (χ1n) is 16.9. The van der Waals surface area contributed by atoms with E-state index in [-0.39, 0.29) is 67.7 Å². The fourth-order valence-electron chi connectivity index (χ4n) is 6.66.